The summed E-state index contributed by atoms with van der Waals surface area (Å²) in [4.78, 5) is 46.3. The van der Waals surface area contributed by atoms with Gasteiger partial charge in [0, 0.05) is 50.9 Å². The minimum Gasteiger partial charge on any atom is -0.355 e. The summed E-state index contributed by atoms with van der Waals surface area (Å²) in [5.74, 6) is 0.236. The zero-order chi connectivity index (χ0) is 23.8. The molecule has 0 unspecified atom stereocenters. The number of aromatic nitrogens is 7. The second kappa shape index (κ2) is 8.24. The number of urea groups is 1. The summed E-state index contributed by atoms with van der Waals surface area (Å²) >= 11 is 0. The monoisotopic (exact) mass is 456 g/mol. The highest BCUT2D eigenvalue weighted by Crippen LogP contribution is 2.30. The van der Waals surface area contributed by atoms with E-state index < -0.39 is 0 Å². The lowest BCUT2D eigenvalue weighted by Crippen LogP contribution is -2.27. The Kier molecular flexibility index (Phi) is 5.09. The highest BCUT2D eigenvalue weighted by Gasteiger charge is 2.18. The molecule has 0 aromatic carbocycles. The Hall–Kier alpha value is -4.87. The molecular weight excluding hydrogens is 436 g/mol. The van der Waals surface area contributed by atoms with Gasteiger partial charge in [0.05, 0.1) is 28.4 Å². The van der Waals surface area contributed by atoms with E-state index in [1.54, 1.807) is 45.8 Å². The Bertz CT molecular complexity index is 1550. The highest BCUT2D eigenvalue weighted by atomic mass is 16.2. The molecule has 5 rings (SSSR count). The van der Waals surface area contributed by atoms with Gasteiger partial charge < -0.3 is 20.5 Å². The molecule has 4 N–H and O–H groups in total. The van der Waals surface area contributed by atoms with E-state index in [4.69, 9.17) is 0 Å². The minimum atomic E-state index is -0.251. The number of amides is 3. The number of hydrogen-bond acceptors (Lipinski definition) is 7. The van der Waals surface area contributed by atoms with E-state index in [1.165, 1.54) is 11.1 Å². The van der Waals surface area contributed by atoms with Gasteiger partial charge in [0.25, 0.3) is 5.91 Å². The van der Waals surface area contributed by atoms with Gasteiger partial charge in [0.2, 0.25) is 0 Å². The molecule has 0 saturated carbocycles. The van der Waals surface area contributed by atoms with Gasteiger partial charge in [0.1, 0.15) is 5.69 Å². The second-order valence-corrected chi connectivity index (χ2v) is 7.70. The van der Waals surface area contributed by atoms with Gasteiger partial charge in [-0.3, -0.25) is 14.9 Å². The number of nitrogens with one attached hydrogen (secondary N) is 4. The molecule has 5 aromatic rings. The van der Waals surface area contributed by atoms with Crippen molar-refractivity contribution < 1.29 is 9.59 Å². The molecule has 5 heterocycles. The first-order valence-electron chi connectivity index (χ1n) is 10.3. The zero-order valence-corrected chi connectivity index (χ0v) is 18.5. The Labute approximate surface area is 192 Å². The third-order valence-electron chi connectivity index (χ3n) is 5.24. The molecule has 0 bridgehead atoms. The average molecular weight is 456 g/mol. The van der Waals surface area contributed by atoms with Crippen molar-refractivity contribution in [1.29, 1.82) is 0 Å². The fourth-order valence-electron chi connectivity index (χ4n) is 3.49. The van der Waals surface area contributed by atoms with Gasteiger partial charge in [-0.2, -0.15) is 5.10 Å². The van der Waals surface area contributed by atoms with Crippen LogP contribution in [0.2, 0.25) is 0 Å². The maximum atomic E-state index is 12.2. The van der Waals surface area contributed by atoms with Crippen molar-refractivity contribution in [3.8, 4) is 22.6 Å². The molecule has 0 aliphatic carbocycles. The maximum Gasteiger partial charge on any atom is 0.321 e. The number of carbonyl (C=O) groups excluding carboxylic acids is 2. The molecule has 12 heteroatoms. The minimum absolute atomic E-state index is 0.241. The molecule has 0 aliphatic rings. The summed E-state index contributed by atoms with van der Waals surface area (Å²) in [6.45, 7) is 0. The molecule has 0 atom stereocenters. The second-order valence-electron chi connectivity index (χ2n) is 7.70. The Morgan fingerprint density at radius 1 is 1.03 bits per heavy atom. The standard InChI is InChI=1S/C22H20N10O2/c1-23-21(33)14-4-5-25-19-16(14)28-20(29-19)17-15-7-12(9-26-18(15)31-30-17)11-6-13(10-24-8-11)27-22(34)32(2)3/h4-10H,1-3H3,(H,23,33)(H,27,34)(H,25,28,29)(H,26,30,31). The molecular formula is C22H20N10O2. The molecule has 5 aromatic heterocycles. The SMILES string of the molecule is CNC(=O)c1ccnc2nc(-c3[nH]nc4ncc(-c5cncc(NC(=O)N(C)C)c5)cc34)[nH]c12. The highest BCUT2D eigenvalue weighted by molar-refractivity contribution is 6.05. The van der Waals surface area contributed by atoms with Crippen molar-refractivity contribution in [1.82, 2.24) is 45.3 Å². The molecule has 3 amide bonds. The lowest BCUT2D eigenvalue weighted by molar-refractivity contribution is 0.0964. The van der Waals surface area contributed by atoms with Crippen molar-refractivity contribution in [3.05, 3.63) is 48.5 Å². The molecule has 0 saturated heterocycles. The molecule has 34 heavy (non-hydrogen) atoms. The fourth-order valence-corrected chi connectivity index (χ4v) is 3.49. The van der Waals surface area contributed by atoms with Crippen molar-refractivity contribution in [3.63, 3.8) is 0 Å². The number of rotatable bonds is 4. The van der Waals surface area contributed by atoms with Crippen LogP contribution < -0.4 is 10.6 Å². The molecule has 0 fully saturated rings. The molecule has 170 valence electrons. The number of fused-ring (bicyclic) bond motifs is 2. The van der Waals surface area contributed by atoms with Gasteiger partial charge in [-0.15, -0.1) is 0 Å². The third kappa shape index (κ3) is 3.66. The average Bonchev–Trinajstić information content (AvgIpc) is 3.47. The van der Waals surface area contributed by atoms with Crippen LogP contribution in [0.3, 0.4) is 0 Å². The topological polar surface area (TPSA) is 157 Å². The lowest BCUT2D eigenvalue weighted by atomic mass is 10.1. The van der Waals surface area contributed by atoms with Crippen LogP contribution in [-0.4, -0.2) is 73.1 Å². The van der Waals surface area contributed by atoms with E-state index in [0.717, 1.165) is 16.5 Å². The fraction of sp³-hybridized carbons (Fsp3) is 0.136. The van der Waals surface area contributed by atoms with Crippen molar-refractivity contribution in [2.75, 3.05) is 26.5 Å². The number of nitrogens with zero attached hydrogens (tertiary/aromatic N) is 6. The summed E-state index contributed by atoms with van der Waals surface area (Å²) in [6.07, 6.45) is 6.49. The molecule has 12 nitrogen and oxygen atoms in total. The zero-order valence-electron chi connectivity index (χ0n) is 18.5. The Morgan fingerprint density at radius 2 is 1.85 bits per heavy atom. The van der Waals surface area contributed by atoms with E-state index in [-0.39, 0.29) is 11.9 Å². The number of carbonyl (C=O) groups is 2. The normalized spacial score (nSPS) is 11.0. The summed E-state index contributed by atoms with van der Waals surface area (Å²) in [7, 11) is 4.89. The van der Waals surface area contributed by atoms with Crippen LogP contribution in [0.1, 0.15) is 10.4 Å². The Balaban J connectivity index is 1.56. The van der Waals surface area contributed by atoms with Crippen LogP contribution >= 0.6 is 0 Å². The van der Waals surface area contributed by atoms with E-state index in [2.05, 4.69) is 45.8 Å². The van der Waals surface area contributed by atoms with Crippen LogP contribution in [0, 0.1) is 0 Å². The number of H-pyrrole nitrogens is 2. The van der Waals surface area contributed by atoms with Crippen LogP contribution in [0.4, 0.5) is 10.5 Å². The van der Waals surface area contributed by atoms with E-state index in [1.807, 2.05) is 12.1 Å². The summed E-state index contributed by atoms with van der Waals surface area (Å²) in [6, 6.07) is 5.11. The van der Waals surface area contributed by atoms with Crippen LogP contribution in [0.15, 0.2) is 43.0 Å². The summed E-state index contributed by atoms with van der Waals surface area (Å²) in [5, 5.41) is 13.4. The number of aromatic amines is 2. The van der Waals surface area contributed by atoms with Gasteiger partial charge in [-0.1, -0.05) is 0 Å². The first kappa shape index (κ1) is 21.0. The largest absolute Gasteiger partial charge is 0.355 e. The number of hydrogen-bond donors (Lipinski definition) is 4. The van der Waals surface area contributed by atoms with E-state index in [0.29, 0.717) is 39.6 Å². The van der Waals surface area contributed by atoms with Crippen LogP contribution in [0.5, 0.6) is 0 Å². The smallest absolute Gasteiger partial charge is 0.321 e. The predicted octanol–water partition coefficient (Wildman–Crippen LogP) is 2.41. The van der Waals surface area contributed by atoms with Gasteiger partial charge >= 0.3 is 6.03 Å². The first-order chi connectivity index (χ1) is 16.4. The number of imidazole rings is 1. The summed E-state index contributed by atoms with van der Waals surface area (Å²) < 4.78 is 0. The predicted molar refractivity (Wildman–Crippen MR) is 126 cm³/mol. The van der Waals surface area contributed by atoms with Gasteiger partial charge in [-0.05, 0) is 18.2 Å². The molecule has 0 radical (unpaired) electrons. The first-order valence-corrected chi connectivity index (χ1v) is 10.3. The summed E-state index contributed by atoms with van der Waals surface area (Å²) in [5.41, 5.74) is 4.60. The maximum absolute atomic E-state index is 12.2. The molecule has 0 spiro atoms. The van der Waals surface area contributed by atoms with Crippen LogP contribution in [-0.2, 0) is 0 Å². The Morgan fingerprint density at radius 3 is 2.65 bits per heavy atom. The van der Waals surface area contributed by atoms with Crippen molar-refractivity contribution in [2.24, 2.45) is 0 Å². The quantitative estimate of drug-likeness (QED) is 0.323. The van der Waals surface area contributed by atoms with E-state index in [9.17, 15) is 9.59 Å². The van der Waals surface area contributed by atoms with Crippen molar-refractivity contribution in [2.45, 2.75) is 0 Å². The third-order valence-corrected chi connectivity index (χ3v) is 5.24. The number of pyridine rings is 3. The lowest BCUT2D eigenvalue weighted by Gasteiger charge is -2.12. The molecule has 0 aliphatic heterocycles. The van der Waals surface area contributed by atoms with Gasteiger partial charge in [-0.25, -0.2) is 19.7 Å². The van der Waals surface area contributed by atoms with Gasteiger partial charge in [0.15, 0.2) is 17.1 Å². The van der Waals surface area contributed by atoms with Crippen LogP contribution in [0.25, 0.3) is 44.8 Å². The number of anilines is 1. The van der Waals surface area contributed by atoms with E-state index >= 15 is 0 Å². The van der Waals surface area contributed by atoms with Crippen molar-refractivity contribution >= 4 is 39.8 Å².